The first-order valence-electron chi connectivity index (χ1n) is 4.52. The molecular formula is C9H17N3. The molecule has 0 atom stereocenters. The maximum absolute atomic E-state index is 4.15. The fourth-order valence-electron chi connectivity index (χ4n) is 1.20. The van der Waals surface area contributed by atoms with Crippen molar-refractivity contribution < 1.29 is 0 Å². The number of rotatable bonds is 2. The van der Waals surface area contributed by atoms with Crippen molar-refractivity contribution in [2.24, 2.45) is 4.99 Å². The maximum atomic E-state index is 4.15. The van der Waals surface area contributed by atoms with Gasteiger partial charge in [0, 0.05) is 25.8 Å². The Balaban J connectivity index is 2.28. The van der Waals surface area contributed by atoms with Crippen molar-refractivity contribution in [3.63, 3.8) is 0 Å². The molecule has 3 nitrogen and oxygen atoms in total. The van der Waals surface area contributed by atoms with E-state index in [4.69, 9.17) is 0 Å². The molecule has 1 rings (SSSR count). The van der Waals surface area contributed by atoms with Crippen LogP contribution < -0.4 is 5.32 Å². The molecule has 0 radical (unpaired) electrons. The lowest BCUT2D eigenvalue weighted by atomic mass is 10.4. The summed E-state index contributed by atoms with van der Waals surface area (Å²) >= 11 is 0. The zero-order chi connectivity index (χ0) is 8.65. The molecule has 0 aromatic carbocycles. The van der Waals surface area contributed by atoms with E-state index in [0.29, 0.717) is 0 Å². The number of nitrogens with one attached hydrogen (secondary N) is 1. The number of allylic oxidation sites excluding steroid dienone is 1. The van der Waals surface area contributed by atoms with Crippen LogP contribution in [-0.2, 0) is 0 Å². The highest BCUT2D eigenvalue weighted by atomic mass is 15.2. The van der Waals surface area contributed by atoms with E-state index >= 15 is 0 Å². The third-order valence-electron chi connectivity index (χ3n) is 1.84. The highest BCUT2D eigenvalue weighted by Gasteiger charge is 2.02. The van der Waals surface area contributed by atoms with Crippen molar-refractivity contribution in [3.05, 3.63) is 12.3 Å². The summed E-state index contributed by atoms with van der Waals surface area (Å²) in [6.07, 6.45) is 6.89. The standard InChI is InChI=1S/C9H17N3/c1-2-4-11-9-12-7-3-5-10-6-8-12/h2,4,9-10H,3,5-8H2,1H3/b4-2+,11-9?. The van der Waals surface area contributed by atoms with Gasteiger partial charge in [-0.05, 0) is 19.9 Å². The molecule has 1 aliphatic rings. The minimum atomic E-state index is 1.07. The summed E-state index contributed by atoms with van der Waals surface area (Å²) in [5, 5.41) is 3.35. The van der Waals surface area contributed by atoms with E-state index in [0.717, 1.165) is 26.2 Å². The zero-order valence-corrected chi connectivity index (χ0v) is 7.66. The van der Waals surface area contributed by atoms with Gasteiger partial charge < -0.3 is 10.2 Å². The molecule has 0 unspecified atom stereocenters. The molecular weight excluding hydrogens is 150 g/mol. The smallest absolute Gasteiger partial charge is 0.0905 e. The van der Waals surface area contributed by atoms with Gasteiger partial charge in [0.15, 0.2) is 0 Å². The minimum Gasteiger partial charge on any atom is -0.361 e. The Bertz CT molecular complexity index is 155. The Hall–Kier alpha value is -0.830. The number of aliphatic imine (C=N–C) groups is 1. The van der Waals surface area contributed by atoms with Crippen LogP contribution in [-0.4, -0.2) is 37.4 Å². The molecule has 1 saturated heterocycles. The summed E-state index contributed by atoms with van der Waals surface area (Å²) in [4.78, 5) is 6.40. The second-order valence-electron chi connectivity index (χ2n) is 2.89. The molecule has 0 aromatic heterocycles. The predicted octanol–water partition coefficient (Wildman–Crippen LogP) is 0.844. The van der Waals surface area contributed by atoms with E-state index in [2.05, 4.69) is 15.2 Å². The first-order chi connectivity index (χ1) is 5.93. The molecule has 0 aliphatic carbocycles. The van der Waals surface area contributed by atoms with Crippen LogP contribution in [0.3, 0.4) is 0 Å². The topological polar surface area (TPSA) is 27.6 Å². The number of hydrogen-bond donors (Lipinski definition) is 1. The maximum Gasteiger partial charge on any atom is 0.0905 e. The Kier molecular flexibility index (Phi) is 4.46. The molecule has 1 fully saturated rings. The molecule has 68 valence electrons. The van der Waals surface area contributed by atoms with Gasteiger partial charge in [-0.3, -0.25) is 0 Å². The van der Waals surface area contributed by atoms with Crippen molar-refractivity contribution in [2.45, 2.75) is 13.3 Å². The van der Waals surface area contributed by atoms with Crippen LogP contribution in [0.2, 0.25) is 0 Å². The molecule has 1 heterocycles. The second-order valence-corrected chi connectivity index (χ2v) is 2.89. The Morgan fingerprint density at radius 3 is 3.08 bits per heavy atom. The Morgan fingerprint density at radius 2 is 2.25 bits per heavy atom. The number of nitrogens with zero attached hydrogens (tertiary/aromatic N) is 2. The third-order valence-corrected chi connectivity index (χ3v) is 1.84. The summed E-state index contributed by atoms with van der Waals surface area (Å²) < 4.78 is 0. The fourth-order valence-corrected chi connectivity index (χ4v) is 1.20. The van der Waals surface area contributed by atoms with Gasteiger partial charge in [0.25, 0.3) is 0 Å². The van der Waals surface area contributed by atoms with Crippen LogP contribution in [0, 0.1) is 0 Å². The molecule has 0 saturated carbocycles. The monoisotopic (exact) mass is 167 g/mol. The molecule has 1 aliphatic heterocycles. The lowest BCUT2D eigenvalue weighted by Crippen LogP contribution is -2.26. The normalized spacial score (nSPS) is 20.6. The van der Waals surface area contributed by atoms with Crippen LogP contribution in [0.5, 0.6) is 0 Å². The first kappa shape index (κ1) is 9.26. The average Bonchev–Trinajstić information content (AvgIpc) is 2.33. The van der Waals surface area contributed by atoms with Gasteiger partial charge in [-0.1, -0.05) is 6.08 Å². The van der Waals surface area contributed by atoms with Crippen molar-refractivity contribution in [1.82, 2.24) is 10.2 Å². The van der Waals surface area contributed by atoms with Gasteiger partial charge >= 0.3 is 0 Å². The molecule has 0 bridgehead atoms. The zero-order valence-electron chi connectivity index (χ0n) is 7.66. The SMILES string of the molecule is C/C=C/N=CN1CCCNCC1. The van der Waals surface area contributed by atoms with Gasteiger partial charge in [0.2, 0.25) is 0 Å². The van der Waals surface area contributed by atoms with Crippen molar-refractivity contribution in [1.29, 1.82) is 0 Å². The third kappa shape index (κ3) is 3.53. The number of hydrogen-bond acceptors (Lipinski definition) is 2. The summed E-state index contributed by atoms with van der Waals surface area (Å²) in [5.41, 5.74) is 0. The van der Waals surface area contributed by atoms with E-state index in [1.165, 1.54) is 6.42 Å². The summed E-state index contributed by atoms with van der Waals surface area (Å²) in [5.74, 6) is 0. The Morgan fingerprint density at radius 1 is 1.33 bits per heavy atom. The highest BCUT2D eigenvalue weighted by molar-refractivity contribution is 5.55. The minimum absolute atomic E-state index is 1.07. The Labute approximate surface area is 74.2 Å². The van der Waals surface area contributed by atoms with Crippen molar-refractivity contribution >= 4 is 6.34 Å². The molecule has 12 heavy (non-hydrogen) atoms. The van der Waals surface area contributed by atoms with Crippen molar-refractivity contribution in [3.8, 4) is 0 Å². The van der Waals surface area contributed by atoms with Gasteiger partial charge in [-0.15, -0.1) is 0 Å². The lowest BCUT2D eigenvalue weighted by molar-refractivity contribution is 0.459. The van der Waals surface area contributed by atoms with Crippen molar-refractivity contribution in [2.75, 3.05) is 26.2 Å². The van der Waals surface area contributed by atoms with Gasteiger partial charge in [0.05, 0.1) is 6.34 Å². The van der Waals surface area contributed by atoms with Gasteiger partial charge in [-0.25, -0.2) is 4.99 Å². The summed E-state index contributed by atoms with van der Waals surface area (Å²) in [6.45, 7) is 6.37. The van der Waals surface area contributed by atoms with Crippen LogP contribution in [0.15, 0.2) is 17.3 Å². The molecule has 0 spiro atoms. The van der Waals surface area contributed by atoms with E-state index in [-0.39, 0.29) is 0 Å². The predicted molar refractivity (Wildman–Crippen MR) is 52.4 cm³/mol. The summed E-state index contributed by atoms with van der Waals surface area (Å²) in [7, 11) is 0. The van der Waals surface area contributed by atoms with Crippen LogP contribution in [0.25, 0.3) is 0 Å². The summed E-state index contributed by atoms with van der Waals surface area (Å²) in [6, 6.07) is 0. The van der Waals surface area contributed by atoms with Crippen LogP contribution >= 0.6 is 0 Å². The van der Waals surface area contributed by atoms with Crippen LogP contribution in [0.1, 0.15) is 13.3 Å². The highest BCUT2D eigenvalue weighted by Crippen LogP contribution is 1.91. The lowest BCUT2D eigenvalue weighted by Gasteiger charge is -2.14. The molecule has 0 amide bonds. The van der Waals surface area contributed by atoms with E-state index < -0.39 is 0 Å². The quantitative estimate of drug-likeness (QED) is 0.487. The van der Waals surface area contributed by atoms with E-state index in [1.807, 2.05) is 25.5 Å². The first-order valence-corrected chi connectivity index (χ1v) is 4.52. The van der Waals surface area contributed by atoms with Gasteiger partial charge in [-0.2, -0.15) is 0 Å². The average molecular weight is 167 g/mol. The largest absolute Gasteiger partial charge is 0.361 e. The molecule has 1 N–H and O–H groups in total. The van der Waals surface area contributed by atoms with E-state index in [9.17, 15) is 0 Å². The van der Waals surface area contributed by atoms with E-state index in [1.54, 1.807) is 0 Å². The van der Waals surface area contributed by atoms with Gasteiger partial charge in [0.1, 0.15) is 0 Å². The molecule has 0 aromatic rings. The fraction of sp³-hybridized carbons (Fsp3) is 0.667. The molecule has 3 heteroatoms. The van der Waals surface area contributed by atoms with Crippen LogP contribution in [0.4, 0.5) is 0 Å². The second kappa shape index (κ2) is 5.77.